The van der Waals surface area contributed by atoms with Gasteiger partial charge in [-0.25, -0.2) is 4.98 Å². The standard InChI is InChI=1S/C23H21N5/c1-16-3-2-4-18(13-16)28-10-7-19-22(28)20-14-17(15-24)5-6-21(20)26-23(19)27-11-8-25-9-12-27/h2-7,10,13-14,25H,8-9,11-12H2,1H3. The number of benzene rings is 2. The number of fused-ring (bicyclic) bond motifs is 3. The number of hydrogen-bond acceptors (Lipinski definition) is 4. The lowest BCUT2D eigenvalue weighted by Crippen LogP contribution is -2.44. The number of nitrogens with one attached hydrogen (secondary N) is 1. The average Bonchev–Trinajstić information content (AvgIpc) is 3.19. The predicted molar refractivity (Wildman–Crippen MR) is 113 cm³/mol. The van der Waals surface area contributed by atoms with Gasteiger partial charge in [0.1, 0.15) is 5.82 Å². The van der Waals surface area contributed by atoms with Gasteiger partial charge in [0, 0.05) is 48.8 Å². The van der Waals surface area contributed by atoms with E-state index in [1.54, 1.807) is 0 Å². The third-order valence-electron chi connectivity index (χ3n) is 5.43. The molecule has 0 spiro atoms. The minimum atomic E-state index is 0.655. The topological polar surface area (TPSA) is 56.9 Å². The normalized spacial score (nSPS) is 14.5. The molecule has 1 fully saturated rings. The first-order chi connectivity index (χ1) is 13.7. The summed E-state index contributed by atoms with van der Waals surface area (Å²) in [7, 11) is 0. The Morgan fingerprint density at radius 1 is 1.04 bits per heavy atom. The lowest BCUT2D eigenvalue weighted by atomic mass is 10.1. The minimum Gasteiger partial charge on any atom is -0.353 e. The maximum absolute atomic E-state index is 9.41. The molecule has 2 aromatic carbocycles. The summed E-state index contributed by atoms with van der Waals surface area (Å²) in [6.45, 7) is 5.92. The molecule has 0 amide bonds. The van der Waals surface area contributed by atoms with Crippen LogP contribution >= 0.6 is 0 Å². The van der Waals surface area contributed by atoms with Crippen molar-refractivity contribution < 1.29 is 0 Å². The van der Waals surface area contributed by atoms with Crippen LogP contribution in [0.1, 0.15) is 11.1 Å². The van der Waals surface area contributed by atoms with Crippen LogP contribution in [0.5, 0.6) is 0 Å². The molecule has 5 rings (SSSR count). The maximum Gasteiger partial charge on any atom is 0.138 e. The zero-order valence-corrected chi connectivity index (χ0v) is 15.8. The fourth-order valence-electron chi connectivity index (χ4n) is 4.07. The largest absolute Gasteiger partial charge is 0.353 e. The van der Waals surface area contributed by atoms with Crippen molar-refractivity contribution in [2.75, 3.05) is 31.1 Å². The fourth-order valence-corrected chi connectivity index (χ4v) is 4.07. The van der Waals surface area contributed by atoms with Gasteiger partial charge in [0.2, 0.25) is 0 Å². The van der Waals surface area contributed by atoms with E-state index in [4.69, 9.17) is 4.98 Å². The quantitative estimate of drug-likeness (QED) is 0.586. The van der Waals surface area contributed by atoms with E-state index in [0.29, 0.717) is 5.56 Å². The van der Waals surface area contributed by atoms with Crippen molar-refractivity contribution in [3.63, 3.8) is 0 Å². The monoisotopic (exact) mass is 367 g/mol. The molecular weight excluding hydrogens is 346 g/mol. The van der Waals surface area contributed by atoms with Crippen LogP contribution in [0, 0.1) is 18.3 Å². The zero-order valence-electron chi connectivity index (χ0n) is 15.8. The summed E-state index contributed by atoms with van der Waals surface area (Å²) in [5.41, 5.74) is 5.03. The van der Waals surface area contributed by atoms with Crippen LogP contribution in [0.15, 0.2) is 54.7 Å². The molecule has 1 aliphatic rings. The molecule has 1 N–H and O–H groups in total. The van der Waals surface area contributed by atoms with Crippen LogP contribution in [0.4, 0.5) is 5.82 Å². The Morgan fingerprint density at radius 2 is 1.89 bits per heavy atom. The van der Waals surface area contributed by atoms with Gasteiger partial charge in [-0.2, -0.15) is 5.26 Å². The van der Waals surface area contributed by atoms with Crippen molar-refractivity contribution >= 4 is 27.6 Å². The summed E-state index contributed by atoms with van der Waals surface area (Å²) in [4.78, 5) is 7.36. The number of aryl methyl sites for hydroxylation is 1. The summed E-state index contributed by atoms with van der Waals surface area (Å²) in [5, 5.41) is 15.0. The first-order valence-corrected chi connectivity index (χ1v) is 9.62. The number of nitriles is 1. The van der Waals surface area contributed by atoms with Crippen LogP contribution in [-0.4, -0.2) is 35.7 Å². The molecule has 0 bridgehead atoms. The number of piperazine rings is 1. The molecule has 0 aliphatic carbocycles. The first-order valence-electron chi connectivity index (χ1n) is 9.62. The predicted octanol–water partition coefficient (Wildman–Crippen LogP) is 3.77. The first kappa shape index (κ1) is 16.8. The molecule has 28 heavy (non-hydrogen) atoms. The molecule has 138 valence electrons. The van der Waals surface area contributed by atoms with Gasteiger partial charge in [-0.05, 0) is 48.9 Å². The van der Waals surface area contributed by atoms with Gasteiger partial charge in [-0.1, -0.05) is 12.1 Å². The van der Waals surface area contributed by atoms with Crippen molar-refractivity contribution in [1.29, 1.82) is 5.26 Å². The smallest absolute Gasteiger partial charge is 0.138 e. The van der Waals surface area contributed by atoms with E-state index in [2.05, 4.69) is 64.3 Å². The van der Waals surface area contributed by atoms with Gasteiger partial charge in [0.15, 0.2) is 0 Å². The van der Waals surface area contributed by atoms with Gasteiger partial charge in [-0.15, -0.1) is 0 Å². The van der Waals surface area contributed by atoms with Gasteiger partial charge in [0.25, 0.3) is 0 Å². The second-order valence-electron chi connectivity index (χ2n) is 7.30. The van der Waals surface area contributed by atoms with E-state index in [0.717, 1.165) is 59.5 Å². The molecular formula is C23H21N5. The fraction of sp³-hybridized carbons (Fsp3) is 0.217. The zero-order chi connectivity index (χ0) is 19.1. The highest BCUT2D eigenvalue weighted by Gasteiger charge is 2.19. The highest BCUT2D eigenvalue weighted by Crippen LogP contribution is 2.34. The van der Waals surface area contributed by atoms with E-state index in [1.165, 1.54) is 5.56 Å². The molecule has 5 heteroatoms. The van der Waals surface area contributed by atoms with Crippen molar-refractivity contribution in [1.82, 2.24) is 14.9 Å². The van der Waals surface area contributed by atoms with Crippen LogP contribution in [0.25, 0.3) is 27.5 Å². The number of nitrogens with zero attached hydrogens (tertiary/aromatic N) is 4. The molecule has 2 aromatic heterocycles. The molecule has 0 saturated carbocycles. The minimum absolute atomic E-state index is 0.655. The second kappa shape index (κ2) is 6.66. The summed E-state index contributed by atoms with van der Waals surface area (Å²) >= 11 is 0. The van der Waals surface area contributed by atoms with Crippen LogP contribution in [0.3, 0.4) is 0 Å². The lowest BCUT2D eigenvalue weighted by Gasteiger charge is -2.29. The van der Waals surface area contributed by atoms with Crippen LogP contribution < -0.4 is 10.2 Å². The summed E-state index contributed by atoms with van der Waals surface area (Å²) in [6, 6.07) is 18.7. The Labute approximate surface area is 163 Å². The second-order valence-corrected chi connectivity index (χ2v) is 7.30. The van der Waals surface area contributed by atoms with E-state index in [1.807, 2.05) is 18.2 Å². The SMILES string of the molecule is Cc1cccc(-n2ccc3c(N4CCNCC4)nc4ccc(C#N)cc4c32)c1. The van der Waals surface area contributed by atoms with Crippen LogP contribution in [-0.2, 0) is 0 Å². The molecule has 0 radical (unpaired) electrons. The Morgan fingerprint density at radius 3 is 2.68 bits per heavy atom. The summed E-state index contributed by atoms with van der Waals surface area (Å²) in [6.07, 6.45) is 2.12. The van der Waals surface area contributed by atoms with Crippen molar-refractivity contribution in [3.8, 4) is 11.8 Å². The molecule has 0 atom stereocenters. The van der Waals surface area contributed by atoms with E-state index in [-0.39, 0.29) is 0 Å². The Hall–Kier alpha value is -3.36. The Kier molecular flexibility index (Phi) is 4.00. The number of pyridine rings is 1. The Bertz CT molecular complexity index is 1230. The number of hydrogen-bond donors (Lipinski definition) is 1. The van der Waals surface area contributed by atoms with Gasteiger partial charge in [-0.3, -0.25) is 0 Å². The van der Waals surface area contributed by atoms with Crippen molar-refractivity contribution in [3.05, 3.63) is 65.9 Å². The average molecular weight is 367 g/mol. The highest BCUT2D eigenvalue weighted by atomic mass is 15.2. The van der Waals surface area contributed by atoms with Gasteiger partial charge in [0.05, 0.1) is 22.7 Å². The van der Waals surface area contributed by atoms with E-state index >= 15 is 0 Å². The number of anilines is 1. The summed E-state index contributed by atoms with van der Waals surface area (Å²) in [5.74, 6) is 1.03. The van der Waals surface area contributed by atoms with Gasteiger partial charge < -0.3 is 14.8 Å². The molecule has 1 saturated heterocycles. The molecule has 4 aromatic rings. The Balaban J connectivity index is 1.84. The third-order valence-corrected chi connectivity index (χ3v) is 5.43. The maximum atomic E-state index is 9.41. The third kappa shape index (κ3) is 2.70. The molecule has 5 nitrogen and oxygen atoms in total. The molecule has 0 unspecified atom stereocenters. The van der Waals surface area contributed by atoms with Crippen molar-refractivity contribution in [2.24, 2.45) is 0 Å². The molecule has 3 heterocycles. The van der Waals surface area contributed by atoms with E-state index in [9.17, 15) is 5.26 Å². The van der Waals surface area contributed by atoms with E-state index < -0.39 is 0 Å². The van der Waals surface area contributed by atoms with Crippen LogP contribution in [0.2, 0.25) is 0 Å². The highest BCUT2D eigenvalue weighted by molar-refractivity contribution is 6.09. The number of aromatic nitrogens is 2. The lowest BCUT2D eigenvalue weighted by molar-refractivity contribution is 0.587. The molecule has 1 aliphatic heterocycles. The van der Waals surface area contributed by atoms with Gasteiger partial charge >= 0.3 is 0 Å². The summed E-state index contributed by atoms with van der Waals surface area (Å²) < 4.78 is 2.22. The number of rotatable bonds is 2. The van der Waals surface area contributed by atoms with Crippen molar-refractivity contribution in [2.45, 2.75) is 6.92 Å².